The number of rotatable bonds is 3. The van der Waals surface area contributed by atoms with Crippen molar-refractivity contribution in [2.45, 2.75) is 24.5 Å². The van der Waals surface area contributed by atoms with Crippen LogP contribution in [0.15, 0.2) is 0 Å². The molecule has 0 bridgehead atoms. The summed E-state index contributed by atoms with van der Waals surface area (Å²) in [5, 5.41) is 7.82. The molecule has 2 aliphatic heterocycles. The first-order valence-electron chi connectivity index (χ1n) is 6.84. The second kappa shape index (κ2) is 6.09. The molecule has 114 valence electrons. The summed E-state index contributed by atoms with van der Waals surface area (Å²) in [6.45, 7) is 1.72. The molecule has 0 aromatic carbocycles. The van der Waals surface area contributed by atoms with Gasteiger partial charge in [0.2, 0.25) is 5.91 Å². The van der Waals surface area contributed by atoms with Crippen LogP contribution in [0.1, 0.15) is 19.3 Å². The summed E-state index contributed by atoms with van der Waals surface area (Å²) in [5.41, 5.74) is 0. The molecule has 2 heterocycles. The molecule has 2 fully saturated rings. The number of piperazine rings is 1. The average Bonchev–Trinajstić information content (AvgIpc) is 2.37. The number of hydrogen-bond acceptors (Lipinski definition) is 5. The van der Waals surface area contributed by atoms with Crippen LogP contribution in [-0.4, -0.2) is 78.9 Å². The third-order valence-corrected chi connectivity index (χ3v) is 6.06. The van der Waals surface area contributed by atoms with Crippen molar-refractivity contribution in [2.24, 2.45) is 0 Å². The van der Waals surface area contributed by atoms with Gasteiger partial charge < -0.3 is 10.0 Å². The highest BCUT2D eigenvalue weighted by Gasteiger charge is 2.38. The van der Waals surface area contributed by atoms with Crippen LogP contribution in [0.2, 0.25) is 0 Å². The van der Waals surface area contributed by atoms with Gasteiger partial charge >= 0.3 is 5.97 Å². The largest absolute Gasteiger partial charge is 0.480 e. The van der Waals surface area contributed by atoms with E-state index in [1.54, 1.807) is 9.80 Å². The maximum Gasteiger partial charge on any atom is 0.317 e. The second-order valence-corrected chi connectivity index (χ2v) is 7.65. The summed E-state index contributed by atoms with van der Waals surface area (Å²) >= 11 is 0. The standard InChI is InChI=1S/C12H20N2O5S/c15-11(16)9-13-4-6-14(7-5-13)12(17)10-3-1-2-8-20(10,18)19/h10H,1-9H2,(H,15,16). The zero-order valence-electron chi connectivity index (χ0n) is 11.3. The van der Waals surface area contributed by atoms with Crippen molar-refractivity contribution in [1.29, 1.82) is 0 Å². The van der Waals surface area contributed by atoms with Gasteiger partial charge in [-0.2, -0.15) is 0 Å². The molecular weight excluding hydrogens is 284 g/mol. The second-order valence-electron chi connectivity index (χ2n) is 5.35. The van der Waals surface area contributed by atoms with E-state index in [-0.39, 0.29) is 18.2 Å². The van der Waals surface area contributed by atoms with Crippen LogP contribution >= 0.6 is 0 Å². The van der Waals surface area contributed by atoms with Crippen molar-refractivity contribution in [3.63, 3.8) is 0 Å². The Bertz CT molecular complexity index is 482. The van der Waals surface area contributed by atoms with E-state index >= 15 is 0 Å². The fraction of sp³-hybridized carbons (Fsp3) is 0.833. The van der Waals surface area contributed by atoms with Gasteiger partial charge in [-0.3, -0.25) is 14.5 Å². The maximum atomic E-state index is 12.3. The molecule has 8 heteroatoms. The lowest BCUT2D eigenvalue weighted by atomic mass is 10.1. The van der Waals surface area contributed by atoms with Crippen LogP contribution in [0.5, 0.6) is 0 Å². The van der Waals surface area contributed by atoms with E-state index in [1.807, 2.05) is 0 Å². The molecule has 1 unspecified atom stereocenters. The molecule has 0 radical (unpaired) electrons. The fourth-order valence-corrected chi connectivity index (χ4v) is 4.63. The summed E-state index contributed by atoms with van der Waals surface area (Å²) in [6.07, 6.45) is 1.82. The lowest BCUT2D eigenvalue weighted by Gasteiger charge is -2.36. The summed E-state index contributed by atoms with van der Waals surface area (Å²) in [7, 11) is -3.30. The third kappa shape index (κ3) is 3.49. The Hall–Kier alpha value is -1.15. The normalized spacial score (nSPS) is 27.2. The minimum absolute atomic E-state index is 0.0379. The minimum atomic E-state index is -3.30. The summed E-state index contributed by atoms with van der Waals surface area (Å²) < 4.78 is 23.9. The molecule has 7 nitrogen and oxygen atoms in total. The van der Waals surface area contributed by atoms with Crippen LogP contribution in [0.25, 0.3) is 0 Å². The van der Waals surface area contributed by atoms with E-state index in [0.29, 0.717) is 39.0 Å². The zero-order chi connectivity index (χ0) is 14.8. The highest BCUT2D eigenvalue weighted by atomic mass is 32.2. The van der Waals surface area contributed by atoms with Gasteiger partial charge in [-0.15, -0.1) is 0 Å². The zero-order valence-corrected chi connectivity index (χ0v) is 12.1. The van der Waals surface area contributed by atoms with E-state index < -0.39 is 21.1 Å². The van der Waals surface area contributed by atoms with E-state index in [2.05, 4.69) is 0 Å². The molecule has 2 aliphatic rings. The van der Waals surface area contributed by atoms with Crippen molar-refractivity contribution in [2.75, 3.05) is 38.5 Å². The molecule has 0 aromatic heterocycles. The van der Waals surface area contributed by atoms with Crippen LogP contribution in [0.3, 0.4) is 0 Å². The lowest BCUT2D eigenvalue weighted by Crippen LogP contribution is -2.54. The Morgan fingerprint density at radius 1 is 1.10 bits per heavy atom. The summed E-state index contributed by atoms with van der Waals surface area (Å²) in [6, 6.07) is 0. The summed E-state index contributed by atoms with van der Waals surface area (Å²) in [4.78, 5) is 26.2. The molecule has 0 aromatic rings. The van der Waals surface area contributed by atoms with E-state index in [0.717, 1.165) is 6.42 Å². The third-order valence-electron chi connectivity index (χ3n) is 3.90. The highest BCUT2D eigenvalue weighted by molar-refractivity contribution is 7.92. The monoisotopic (exact) mass is 304 g/mol. The van der Waals surface area contributed by atoms with Crippen molar-refractivity contribution in [1.82, 2.24) is 9.80 Å². The van der Waals surface area contributed by atoms with Crippen molar-refractivity contribution in [3.8, 4) is 0 Å². The highest BCUT2D eigenvalue weighted by Crippen LogP contribution is 2.22. The van der Waals surface area contributed by atoms with Gasteiger partial charge in [-0.1, -0.05) is 6.42 Å². The number of aliphatic carboxylic acids is 1. The Morgan fingerprint density at radius 3 is 2.30 bits per heavy atom. The van der Waals surface area contributed by atoms with Gasteiger partial charge in [0.1, 0.15) is 5.25 Å². The molecule has 1 atom stereocenters. The van der Waals surface area contributed by atoms with Crippen LogP contribution in [0.4, 0.5) is 0 Å². The first kappa shape index (κ1) is 15.2. The Morgan fingerprint density at radius 2 is 1.75 bits per heavy atom. The minimum Gasteiger partial charge on any atom is -0.480 e. The quantitative estimate of drug-likeness (QED) is 0.732. The Kier molecular flexibility index (Phi) is 4.64. The van der Waals surface area contributed by atoms with Crippen LogP contribution in [0, 0.1) is 0 Å². The molecule has 2 rings (SSSR count). The van der Waals surface area contributed by atoms with Crippen molar-refractivity contribution < 1.29 is 23.1 Å². The molecule has 1 N–H and O–H groups in total. The number of carboxylic acid groups (broad SMARTS) is 1. The predicted octanol–water partition coefficient (Wildman–Crippen LogP) is -0.817. The average molecular weight is 304 g/mol. The smallest absolute Gasteiger partial charge is 0.317 e. The van der Waals surface area contributed by atoms with Gasteiger partial charge in [0.15, 0.2) is 9.84 Å². The van der Waals surface area contributed by atoms with Gasteiger partial charge in [0.05, 0.1) is 12.3 Å². The fourth-order valence-electron chi connectivity index (χ4n) is 2.75. The number of sulfone groups is 1. The van der Waals surface area contributed by atoms with E-state index in [1.165, 1.54) is 0 Å². The first-order chi connectivity index (χ1) is 9.40. The SMILES string of the molecule is O=C(O)CN1CCN(C(=O)C2CCCCS2(=O)=O)CC1. The molecule has 0 spiro atoms. The van der Waals surface area contributed by atoms with E-state index in [9.17, 15) is 18.0 Å². The molecule has 0 aliphatic carbocycles. The topological polar surface area (TPSA) is 95.0 Å². The van der Waals surface area contributed by atoms with Gasteiger partial charge in [0, 0.05) is 26.2 Å². The number of carbonyl (C=O) groups is 2. The number of nitrogens with zero attached hydrogens (tertiary/aromatic N) is 2. The number of carboxylic acids is 1. The molecule has 0 saturated carbocycles. The van der Waals surface area contributed by atoms with Gasteiger partial charge in [-0.05, 0) is 12.8 Å². The number of amides is 1. The molecule has 2 saturated heterocycles. The molecular formula is C12H20N2O5S. The number of carbonyl (C=O) groups excluding carboxylic acids is 1. The first-order valence-corrected chi connectivity index (χ1v) is 8.56. The Labute approximate surface area is 118 Å². The molecule has 20 heavy (non-hydrogen) atoms. The Balaban J connectivity index is 1.93. The van der Waals surface area contributed by atoms with Gasteiger partial charge in [0.25, 0.3) is 0 Å². The maximum absolute atomic E-state index is 12.3. The lowest BCUT2D eigenvalue weighted by molar-refractivity contribution is -0.139. The predicted molar refractivity (Wildman–Crippen MR) is 72.1 cm³/mol. The van der Waals surface area contributed by atoms with Gasteiger partial charge in [-0.25, -0.2) is 8.42 Å². The van der Waals surface area contributed by atoms with Crippen LogP contribution < -0.4 is 0 Å². The van der Waals surface area contributed by atoms with E-state index in [4.69, 9.17) is 5.11 Å². The summed E-state index contributed by atoms with van der Waals surface area (Å²) in [5.74, 6) is -1.10. The molecule has 1 amide bonds. The van der Waals surface area contributed by atoms with Crippen molar-refractivity contribution in [3.05, 3.63) is 0 Å². The van der Waals surface area contributed by atoms with Crippen molar-refractivity contribution >= 4 is 21.7 Å². The van der Waals surface area contributed by atoms with Crippen LogP contribution in [-0.2, 0) is 19.4 Å². The number of hydrogen-bond donors (Lipinski definition) is 1.